The molecule has 0 spiro atoms. The molecule has 5 heteroatoms. The number of benzene rings is 2. The van der Waals surface area contributed by atoms with Gasteiger partial charge in [-0.1, -0.05) is 35.4 Å². The van der Waals surface area contributed by atoms with E-state index in [1.54, 1.807) is 18.2 Å². The summed E-state index contributed by atoms with van der Waals surface area (Å²) < 4.78 is 19.2. The van der Waals surface area contributed by atoms with Gasteiger partial charge in [0.2, 0.25) is 0 Å². The summed E-state index contributed by atoms with van der Waals surface area (Å²) in [7, 11) is 1.48. The third-order valence-electron chi connectivity index (χ3n) is 3.53. The Morgan fingerprint density at radius 1 is 1.36 bits per heavy atom. The molecule has 0 amide bonds. The van der Waals surface area contributed by atoms with E-state index in [9.17, 15) is 14.3 Å². The molecule has 0 aliphatic carbocycles. The van der Waals surface area contributed by atoms with Gasteiger partial charge in [0.25, 0.3) is 0 Å². The molecule has 0 saturated carbocycles. The lowest BCUT2D eigenvalue weighted by Gasteiger charge is -2.18. The molecule has 0 aliphatic heterocycles. The average molecular weight is 323 g/mol. The van der Waals surface area contributed by atoms with Crippen LogP contribution in [0, 0.1) is 12.7 Å². The minimum absolute atomic E-state index is 0.0410. The summed E-state index contributed by atoms with van der Waals surface area (Å²) in [6, 6.07) is 9.59. The molecule has 2 rings (SSSR count). The van der Waals surface area contributed by atoms with Crippen LogP contribution in [0.2, 0.25) is 5.02 Å². The minimum atomic E-state index is -1.05. The van der Waals surface area contributed by atoms with E-state index in [1.165, 1.54) is 19.2 Å². The number of hydrogen-bond donors (Lipinski definition) is 1. The summed E-state index contributed by atoms with van der Waals surface area (Å²) in [5, 5.41) is 9.78. The van der Waals surface area contributed by atoms with Gasteiger partial charge in [0, 0.05) is 16.1 Å². The molecule has 0 heterocycles. The molecule has 2 aromatic rings. The van der Waals surface area contributed by atoms with Crippen LogP contribution < -0.4 is 4.74 Å². The molecular formula is C17H16ClFO3. The lowest BCUT2D eigenvalue weighted by Crippen LogP contribution is -2.16. The zero-order valence-electron chi connectivity index (χ0n) is 12.3. The highest BCUT2D eigenvalue weighted by atomic mass is 35.5. The van der Waals surface area contributed by atoms with E-state index in [0.29, 0.717) is 11.3 Å². The van der Waals surface area contributed by atoms with Crippen LogP contribution in [-0.2, 0) is 11.2 Å². The maximum absolute atomic E-state index is 13.9. The Balaban J connectivity index is 2.48. The van der Waals surface area contributed by atoms with Crippen molar-refractivity contribution in [2.75, 3.05) is 7.11 Å². The molecule has 0 fully saturated rings. The second-order valence-corrected chi connectivity index (χ2v) is 5.45. The van der Waals surface area contributed by atoms with Gasteiger partial charge in [-0.05, 0) is 31.5 Å². The van der Waals surface area contributed by atoms with Gasteiger partial charge in [-0.15, -0.1) is 0 Å². The number of aryl methyl sites for hydroxylation is 1. The Morgan fingerprint density at radius 3 is 2.68 bits per heavy atom. The van der Waals surface area contributed by atoms with Gasteiger partial charge in [-0.2, -0.15) is 0 Å². The fourth-order valence-electron chi connectivity index (χ4n) is 2.39. The number of ether oxygens (including phenoxy) is 1. The first-order valence-corrected chi connectivity index (χ1v) is 7.12. The molecule has 0 radical (unpaired) electrons. The van der Waals surface area contributed by atoms with Crippen LogP contribution in [0.1, 0.15) is 22.6 Å². The Kier molecular flexibility index (Phi) is 5.03. The van der Waals surface area contributed by atoms with Crippen molar-refractivity contribution in [1.29, 1.82) is 0 Å². The Bertz CT molecular complexity index is 680. The zero-order valence-corrected chi connectivity index (χ0v) is 13.0. The van der Waals surface area contributed by atoms with Gasteiger partial charge in [0.05, 0.1) is 13.0 Å². The van der Waals surface area contributed by atoms with E-state index < -0.39 is 17.7 Å². The van der Waals surface area contributed by atoms with E-state index in [4.69, 9.17) is 16.3 Å². The number of methoxy groups -OCH3 is 1. The van der Waals surface area contributed by atoms with E-state index in [-0.39, 0.29) is 17.0 Å². The number of carboxylic acids is 1. The molecule has 3 nitrogen and oxygen atoms in total. The topological polar surface area (TPSA) is 46.5 Å². The summed E-state index contributed by atoms with van der Waals surface area (Å²) in [4.78, 5) is 11.7. The largest absolute Gasteiger partial charge is 0.496 e. The quantitative estimate of drug-likeness (QED) is 0.897. The fraction of sp³-hybridized carbons (Fsp3) is 0.235. The maximum Gasteiger partial charge on any atom is 0.311 e. The van der Waals surface area contributed by atoms with Crippen molar-refractivity contribution < 1.29 is 19.0 Å². The summed E-state index contributed by atoms with van der Waals surface area (Å²) in [6.45, 7) is 1.86. The van der Waals surface area contributed by atoms with Crippen LogP contribution in [0.4, 0.5) is 4.39 Å². The van der Waals surface area contributed by atoms with Crippen LogP contribution in [0.25, 0.3) is 0 Å². The average Bonchev–Trinajstić information content (AvgIpc) is 2.46. The van der Waals surface area contributed by atoms with Crippen molar-refractivity contribution in [2.24, 2.45) is 0 Å². The van der Waals surface area contributed by atoms with E-state index in [2.05, 4.69) is 0 Å². The second kappa shape index (κ2) is 6.79. The van der Waals surface area contributed by atoms with Crippen molar-refractivity contribution in [1.82, 2.24) is 0 Å². The lowest BCUT2D eigenvalue weighted by molar-refractivity contribution is -0.138. The monoisotopic (exact) mass is 322 g/mol. The van der Waals surface area contributed by atoms with Gasteiger partial charge >= 0.3 is 5.97 Å². The van der Waals surface area contributed by atoms with Gasteiger partial charge < -0.3 is 9.84 Å². The third-order valence-corrected chi connectivity index (χ3v) is 3.88. The minimum Gasteiger partial charge on any atom is -0.496 e. The van der Waals surface area contributed by atoms with Crippen LogP contribution in [0.15, 0.2) is 36.4 Å². The first-order chi connectivity index (χ1) is 10.4. The summed E-state index contributed by atoms with van der Waals surface area (Å²) in [6.07, 6.45) is -0.0410. The van der Waals surface area contributed by atoms with Crippen molar-refractivity contribution in [3.63, 3.8) is 0 Å². The maximum atomic E-state index is 13.9. The van der Waals surface area contributed by atoms with Gasteiger partial charge in [-0.25, -0.2) is 4.39 Å². The van der Waals surface area contributed by atoms with Crippen LogP contribution in [0.3, 0.4) is 0 Å². The van der Waals surface area contributed by atoms with Crippen LogP contribution >= 0.6 is 11.6 Å². The summed E-state index contributed by atoms with van der Waals surface area (Å²) in [5.41, 5.74) is 1.61. The Morgan fingerprint density at radius 2 is 2.09 bits per heavy atom. The van der Waals surface area contributed by atoms with E-state index >= 15 is 0 Å². The second-order valence-electron chi connectivity index (χ2n) is 5.04. The molecule has 0 bridgehead atoms. The molecule has 0 aromatic heterocycles. The van der Waals surface area contributed by atoms with Gasteiger partial charge in [0.15, 0.2) is 0 Å². The van der Waals surface area contributed by atoms with Crippen molar-refractivity contribution in [3.8, 4) is 5.75 Å². The third kappa shape index (κ3) is 3.39. The predicted octanol–water partition coefficient (Wildman–Crippen LogP) is 4.21. The Hall–Kier alpha value is -2.07. The molecule has 1 atom stereocenters. The molecule has 1 unspecified atom stereocenters. The van der Waals surface area contributed by atoms with Crippen LogP contribution in [0.5, 0.6) is 5.75 Å². The molecule has 22 heavy (non-hydrogen) atoms. The first-order valence-electron chi connectivity index (χ1n) is 6.74. The highest BCUT2D eigenvalue weighted by molar-refractivity contribution is 6.31. The normalized spacial score (nSPS) is 12.0. The van der Waals surface area contributed by atoms with Crippen molar-refractivity contribution >= 4 is 17.6 Å². The van der Waals surface area contributed by atoms with Crippen LogP contribution in [-0.4, -0.2) is 18.2 Å². The summed E-state index contributed by atoms with van der Waals surface area (Å²) >= 11 is 6.01. The number of aliphatic carboxylic acids is 1. The van der Waals surface area contributed by atoms with E-state index in [1.807, 2.05) is 13.0 Å². The SMILES string of the molecule is COc1ccc(C)cc1C(Cc1c(F)cccc1Cl)C(=O)O. The number of hydrogen-bond acceptors (Lipinski definition) is 2. The smallest absolute Gasteiger partial charge is 0.311 e. The van der Waals surface area contributed by atoms with Gasteiger partial charge in [0.1, 0.15) is 11.6 Å². The van der Waals surface area contributed by atoms with Crippen molar-refractivity contribution in [3.05, 3.63) is 63.9 Å². The molecule has 0 saturated heterocycles. The predicted molar refractivity (Wildman–Crippen MR) is 83.2 cm³/mol. The molecular weight excluding hydrogens is 307 g/mol. The molecule has 1 N–H and O–H groups in total. The molecule has 0 aliphatic rings. The number of carbonyl (C=O) groups is 1. The standard InChI is InChI=1S/C17H16ClFO3/c1-10-6-7-16(22-2)11(8-10)12(17(20)21)9-13-14(18)4-3-5-15(13)19/h3-8,12H,9H2,1-2H3,(H,20,21). The fourth-order valence-corrected chi connectivity index (χ4v) is 2.63. The number of rotatable bonds is 5. The number of carboxylic acid groups (broad SMARTS) is 1. The first kappa shape index (κ1) is 16.3. The highest BCUT2D eigenvalue weighted by Crippen LogP contribution is 2.33. The zero-order chi connectivity index (χ0) is 16.3. The number of halogens is 2. The lowest BCUT2D eigenvalue weighted by atomic mass is 9.90. The Labute approximate surface area is 133 Å². The highest BCUT2D eigenvalue weighted by Gasteiger charge is 2.26. The van der Waals surface area contributed by atoms with Gasteiger partial charge in [-0.3, -0.25) is 4.79 Å². The van der Waals surface area contributed by atoms with Crippen molar-refractivity contribution in [2.45, 2.75) is 19.3 Å². The molecule has 116 valence electrons. The summed E-state index contributed by atoms with van der Waals surface area (Å²) in [5.74, 6) is -2.04. The van der Waals surface area contributed by atoms with E-state index in [0.717, 1.165) is 5.56 Å². The molecule has 2 aromatic carbocycles.